The molecule has 0 spiro atoms. The Bertz CT molecular complexity index is 488. The average Bonchev–Trinajstić information content (AvgIpc) is 2.35. The predicted molar refractivity (Wildman–Crippen MR) is 79.8 cm³/mol. The Kier molecular flexibility index (Phi) is 6.42. The number of carbonyl (C=O) groups is 1. The van der Waals surface area contributed by atoms with Crippen LogP contribution in [0, 0.1) is 5.82 Å². The summed E-state index contributed by atoms with van der Waals surface area (Å²) in [7, 11) is 0. The molecule has 0 saturated carbocycles. The number of hydrogen-bond acceptors (Lipinski definition) is 3. The number of nitrogens with one attached hydrogen (secondary N) is 1. The van der Waals surface area contributed by atoms with Crippen molar-refractivity contribution < 1.29 is 19.0 Å². The first kappa shape index (κ1) is 17.7. The molecule has 1 aromatic rings. The van der Waals surface area contributed by atoms with Crippen LogP contribution in [0.25, 0.3) is 0 Å². The Balaban J connectivity index is 2.84. The lowest BCUT2D eigenvalue weighted by atomic mass is 10.0. The van der Waals surface area contributed by atoms with Crippen LogP contribution in [0.1, 0.15) is 45.2 Å². The molecule has 0 aliphatic carbocycles. The molecule has 0 radical (unpaired) electrons. The van der Waals surface area contributed by atoms with Crippen LogP contribution in [-0.2, 0) is 4.74 Å². The maximum atomic E-state index is 13.5. The van der Waals surface area contributed by atoms with Gasteiger partial charge in [-0.25, -0.2) is 9.18 Å². The second-order valence-electron chi connectivity index (χ2n) is 5.74. The summed E-state index contributed by atoms with van der Waals surface area (Å²) in [6.07, 6.45) is 0.363. The van der Waals surface area contributed by atoms with Crippen molar-refractivity contribution >= 4 is 17.7 Å². The predicted octanol–water partition coefficient (Wildman–Crippen LogP) is 3.82. The lowest BCUT2D eigenvalue weighted by molar-refractivity contribution is 0.0498. The smallest absolute Gasteiger partial charge is 0.408 e. The molecular weight excluding hydrogens is 297 g/mol. The summed E-state index contributed by atoms with van der Waals surface area (Å²) >= 11 is 5.66. The van der Waals surface area contributed by atoms with Gasteiger partial charge in [-0.1, -0.05) is 17.7 Å². The SMILES string of the molecule is CC(C)(C)OC(=O)N[C@H](CCCO)c1ccc(Cl)c(F)c1. The fraction of sp³-hybridized carbons (Fsp3) is 0.533. The number of alkyl carbamates (subject to hydrolysis) is 1. The molecule has 1 atom stereocenters. The summed E-state index contributed by atoms with van der Waals surface area (Å²) in [5.74, 6) is -0.547. The van der Waals surface area contributed by atoms with Gasteiger partial charge in [0, 0.05) is 6.61 Å². The van der Waals surface area contributed by atoms with Crippen molar-refractivity contribution in [2.24, 2.45) is 0 Å². The Labute approximate surface area is 129 Å². The van der Waals surface area contributed by atoms with Gasteiger partial charge >= 0.3 is 6.09 Å². The van der Waals surface area contributed by atoms with Crippen molar-refractivity contribution in [2.75, 3.05) is 6.61 Å². The van der Waals surface area contributed by atoms with Crippen molar-refractivity contribution in [3.05, 3.63) is 34.6 Å². The average molecular weight is 318 g/mol. The van der Waals surface area contributed by atoms with Crippen LogP contribution in [0.4, 0.5) is 9.18 Å². The zero-order valence-electron chi connectivity index (χ0n) is 12.5. The second kappa shape index (κ2) is 7.61. The molecule has 118 valence electrons. The molecule has 21 heavy (non-hydrogen) atoms. The molecule has 0 aliphatic heterocycles. The minimum Gasteiger partial charge on any atom is -0.444 e. The van der Waals surface area contributed by atoms with Gasteiger partial charge in [0.05, 0.1) is 11.1 Å². The molecule has 0 saturated heterocycles. The van der Waals surface area contributed by atoms with Crippen LogP contribution in [-0.4, -0.2) is 23.4 Å². The molecule has 0 aromatic heterocycles. The highest BCUT2D eigenvalue weighted by Crippen LogP contribution is 2.24. The highest BCUT2D eigenvalue weighted by atomic mass is 35.5. The number of aliphatic hydroxyl groups excluding tert-OH is 1. The molecule has 0 fully saturated rings. The van der Waals surface area contributed by atoms with Crippen LogP contribution >= 0.6 is 11.6 Å². The Morgan fingerprint density at radius 2 is 2.14 bits per heavy atom. The van der Waals surface area contributed by atoms with E-state index < -0.39 is 23.6 Å². The molecular formula is C15H21ClFNO3. The van der Waals surface area contributed by atoms with E-state index in [-0.39, 0.29) is 11.6 Å². The van der Waals surface area contributed by atoms with E-state index in [4.69, 9.17) is 21.4 Å². The van der Waals surface area contributed by atoms with E-state index in [1.165, 1.54) is 12.1 Å². The largest absolute Gasteiger partial charge is 0.444 e. The monoisotopic (exact) mass is 317 g/mol. The third-order valence-electron chi connectivity index (χ3n) is 2.69. The van der Waals surface area contributed by atoms with E-state index in [0.717, 1.165) is 0 Å². The van der Waals surface area contributed by atoms with Gasteiger partial charge in [0.1, 0.15) is 11.4 Å². The molecule has 6 heteroatoms. The van der Waals surface area contributed by atoms with Crippen LogP contribution in [0.3, 0.4) is 0 Å². The number of hydrogen-bond donors (Lipinski definition) is 2. The molecule has 0 heterocycles. The lowest BCUT2D eigenvalue weighted by Gasteiger charge is -2.24. The van der Waals surface area contributed by atoms with Crippen molar-refractivity contribution in [2.45, 2.75) is 45.3 Å². The molecule has 1 amide bonds. The van der Waals surface area contributed by atoms with Crippen molar-refractivity contribution in [3.8, 4) is 0 Å². The number of carbonyl (C=O) groups excluding carboxylic acids is 1. The van der Waals surface area contributed by atoms with Gasteiger partial charge < -0.3 is 15.2 Å². The normalized spacial score (nSPS) is 12.9. The van der Waals surface area contributed by atoms with Crippen molar-refractivity contribution in [3.63, 3.8) is 0 Å². The third kappa shape index (κ3) is 6.31. The topological polar surface area (TPSA) is 58.6 Å². The van der Waals surface area contributed by atoms with Crippen molar-refractivity contribution in [1.29, 1.82) is 0 Å². The number of rotatable bonds is 5. The fourth-order valence-electron chi connectivity index (χ4n) is 1.80. The van der Waals surface area contributed by atoms with Gasteiger partial charge in [-0.3, -0.25) is 0 Å². The van der Waals surface area contributed by atoms with Gasteiger partial charge in [-0.2, -0.15) is 0 Å². The molecule has 0 bridgehead atoms. The van der Waals surface area contributed by atoms with Gasteiger partial charge in [0.2, 0.25) is 0 Å². The quantitative estimate of drug-likeness (QED) is 0.868. The first-order chi connectivity index (χ1) is 9.73. The van der Waals surface area contributed by atoms with E-state index >= 15 is 0 Å². The van der Waals surface area contributed by atoms with E-state index in [2.05, 4.69) is 5.32 Å². The highest BCUT2D eigenvalue weighted by Gasteiger charge is 2.21. The maximum absolute atomic E-state index is 13.5. The lowest BCUT2D eigenvalue weighted by Crippen LogP contribution is -2.35. The Morgan fingerprint density at radius 3 is 2.67 bits per heavy atom. The van der Waals surface area contributed by atoms with Gasteiger partial charge in [0.15, 0.2) is 0 Å². The molecule has 1 aromatic carbocycles. The number of ether oxygens (including phenoxy) is 1. The van der Waals surface area contributed by atoms with E-state index in [1.54, 1.807) is 26.8 Å². The standard InChI is InChI=1S/C15H21ClFNO3/c1-15(2,3)21-14(20)18-13(5-4-8-19)10-6-7-11(16)12(17)9-10/h6-7,9,13,19H,4-5,8H2,1-3H3,(H,18,20)/t13-/m1/s1. The van der Waals surface area contributed by atoms with Crippen LogP contribution in [0.15, 0.2) is 18.2 Å². The number of halogens is 2. The summed E-state index contributed by atoms with van der Waals surface area (Å²) in [5, 5.41) is 11.7. The molecule has 0 unspecified atom stereocenters. The Morgan fingerprint density at radius 1 is 1.48 bits per heavy atom. The zero-order chi connectivity index (χ0) is 16.0. The van der Waals surface area contributed by atoms with E-state index in [1.807, 2.05) is 0 Å². The number of amides is 1. The minimum absolute atomic E-state index is 0.0113. The van der Waals surface area contributed by atoms with Gasteiger partial charge in [-0.15, -0.1) is 0 Å². The second-order valence-corrected chi connectivity index (χ2v) is 6.15. The van der Waals surface area contributed by atoms with Gasteiger partial charge in [-0.05, 0) is 51.3 Å². The fourth-order valence-corrected chi connectivity index (χ4v) is 1.91. The summed E-state index contributed by atoms with van der Waals surface area (Å²) in [4.78, 5) is 11.8. The number of aliphatic hydroxyl groups is 1. The Hall–Kier alpha value is -1.33. The minimum atomic E-state index is -0.614. The van der Waals surface area contributed by atoms with Gasteiger partial charge in [0.25, 0.3) is 0 Å². The van der Waals surface area contributed by atoms with E-state index in [9.17, 15) is 9.18 Å². The summed E-state index contributed by atoms with van der Waals surface area (Å²) in [6, 6.07) is 3.92. The zero-order valence-corrected chi connectivity index (χ0v) is 13.2. The first-order valence-corrected chi connectivity index (χ1v) is 7.16. The third-order valence-corrected chi connectivity index (χ3v) is 2.99. The first-order valence-electron chi connectivity index (χ1n) is 6.78. The molecule has 4 nitrogen and oxygen atoms in total. The summed E-state index contributed by atoms with van der Waals surface area (Å²) < 4.78 is 18.7. The molecule has 1 rings (SSSR count). The van der Waals surface area contributed by atoms with Crippen molar-refractivity contribution in [1.82, 2.24) is 5.32 Å². The van der Waals surface area contributed by atoms with E-state index in [0.29, 0.717) is 18.4 Å². The molecule has 0 aliphatic rings. The van der Waals surface area contributed by atoms with Crippen LogP contribution < -0.4 is 5.32 Å². The summed E-state index contributed by atoms with van der Waals surface area (Å²) in [5.41, 5.74) is -0.0344. The van der Waals surface area contributed by atoms with Crippen LogP contribution in [0.5, 0.6) is 0 Å². The summed E-state index contributed by atoms with van der Waals surface area (Å²) in [6.45, 7) is 5.27. The molecule has 2 N–H and O–H groups in total. The highest BCUT2D eigenvalue weighted by molar-refractivity contribution is 6.30. The maximum Gasteiger partial charge on any atom is 0.408 e. The van der Waals surface area contributed by atoms with Crippen LogP contribution in [0.2, 0.25) is 5.02 Å². The number of benzene rings is 1.